The summed E-state index contributed by atoms with van der Waals surface area (Å²) in [4.78, 5) is 0. The van der Waals surface area contributed by atoms with Crippen molar-refractivity contribution in [3.8, 4) is 0 Å². The van der Waals surface area contributed by atoms with Crippen LogP contribution in [0, 0.1) is 3.57 Å². The van der Waals surface area contributed by atoms with Crippen LogP contribution in [0.25, 0.3) is 0 Å². The van der Waals surface area contributed by atoms with E-state index >= 15 is 0 Å². The van der Waals surface area contributed by atoms with Crippen molar-refractivity contribution < 1.29 is 0 Å². The van der Waals surface area contributed by atoms with Crippen molar-refractivity contribution in [1.29, 1.82) is 0 Å². The molecule has 13 heavy (non-hydrogen) atoms. The van der Waals surface area contributed by atoms with Gasteiger partial charge < -0.3 is 5.32 Å². The van der Waals surface area contributed by atoms with E-state index in [1.165, 1.54) is 28.7 Å². The predicted octanol–water partition coefficient (Wildman–Crippen LogP) is 1.49. The molecule has 1 aliphatic rings. The van der Waals surface area contributed by atoms with Crippen LogP contribution < -0.4 is 5.32 Å². The summed E-state index contributed by atoms with van der Waals surface area (Å²) < 4.78 is 3.21. The maximum atomic E-state index is 4.50. The lowest BCUT2D eigenvalue weighted by Crippen LogP contribution is -2.29. The molecule has 0 saturated carbocycles. The van der Waals surface area contributed by atoms with Crippen molar-refractivity contribution in [2.75, 3.05) is 13.1 Å². The first-order valence-electron chi connectivity index (χ1n) is 4.67. The number of hydrogen-bond donors (Lipinski definition) is 1. The summed E-state index contributed by atoms with van der Waals surface area (Å²) in [5.74, 6) is 0.627. The quantitative estimate of drug-likeness (QED) is 0.795. The van der Waals surface area contributed by atoms with E-state index in [0.717, 1.165) is 6.54 Å². The number of nitrogens with one attached hydrogen (secondary N) is 1. The highest BCUT2D eigenvalue weighted by Crippen LogP contribution is 2.25. The van der Waals surface area contributed by atoms with Crippen molar-refractivity contribution in [2.24, 2.45) is 7.05 Å². The average Bonchev–Trinajstić information content (AvgIpc) is 2.47. The molecule has 1 aliphatic heterocycles. The Kier molecular flexibility index (Phi) is 2.88. The summed E-state index contributed by atoms with van der Waals surface area (Å²) in [6, 6.07) is 0. The SMILES string of the molecule is Cn1cc(I)c(C2CCCNC2)n1. The summed E-state index contributed by atoms with van der Waals surface area (Å²) in [5, 5.41) is 7.92. The smallest absolute Gasteiger partial charge is 0.0801 e. The Hall–Kier alpha value is -0.100. The monoisotopic (exact) mass is 291 g/mol. The van der Waals surface area contributed by atoms with E-state index in [1.807, 2.05) is 11.7 Å². The van der Waals surface area contributed by atoms with Crippen molar-refractivity contribution in [3.63, 3.8) is 0 Å². The minimum Gasteiger partial charge on any atom is -0.316 e. The molecule has 1 aromatic heterocycles. The standard InChI is InChI=1S/C9H14IN3/c1-13-6-8(10)9(12-13)7-3-2-4-11-5-7/h6-7,11H,2-5H2,1H3. The molecule has 1 unspecified atom stereocenters. The van der Waals surface area contributed by atoms with Crippen molar-refractivity contribution in [3.05, 3.63) is 15.5 Å². The minimum atomic E-state index is 0.627. The Morgan fingerprint density at radius 3 is 3.08 bits per heavy atom. The number of halogens is 1. The minimum absolute atomic E-state index is 0.627. The lowest BCUT2D eigenvalue weighted by molar-refractivity contribution is 0.450. The highest BCUT2D eigenvalue weighted by atomic mass is 127. The highest BCUT2D eigenvalue weighted by molar-refractivity contribution is 14.1. The molecule has 1 aromatic rings. The van der Waals surface area contributed by atoms with Gasteiger partial charge in [0.15, 0.2) is 0 Å². The van der Waals surface area contributed by atoms with Crippen LogP contribution in [0.3, 0.4) is 0 Å². The summed E-state index contributed by atoms with van der Waals surface area (Å²) in [7, 11) is 1.99. The van der Waals surface area contributed by atoms with E-state index in [1.54, 1.807) is 0 Å². The van der Waals surface area contributed by atoms with Gasteiger partial charge in [0.1, 0.15) is 0 Å². The molecule has 4 heteroatoms. The third-order valence-corrected chi connectivity index (χ3v) is 3.33. The van der Waals surface area contributed by atoms with Crippen molar-refractivity contribution >= 4 is 22.6 Å². The molecular formula is C9H14IN3. The molecule has 0 amide bonds. The van der Waals surface area contributed by atoms with Crippen LogP contribution in [0.15, 0.2) is 6.20 Å². The second kappa shape index (κ2) is 3.96. The molecule has 0 bridgehead atoms. The Bertz CT molecular complexity index is 289. The van der Waals surface area contributed by atoms with Gasteiger partial charge in [0.25, 0.3) is 0 Å². The van der Waals surface area contributed by atoms with Crippen LogP contribution in [-0.2, 0) is 7.05 Å². The second-order valence-corrected chi connectivity index (χ2v) is 4.74. The molecule has 1 atom stereocenters. The van der Waals surface area contributed by atoms with E-state index in [2.05, 4.69) is 39.2 Å². The van der Waals surface area contributed by atoms with Gasteiger partial charge in [-0.3, -0.25) is 4.68 Å². The molecule has 1 saturated heterocycles. The largest absolute Gasteiger partial charge is 0.316 e. The van der Waals surface area contributed by atoms with Gasteiger partial charge in [-0.25, -0.2) is 0 Å². The van der Waals surface area contributed by atoms with Crippen LogP contribution in [0.5, 0.6) is 0 Å². The van der Waals surface area contributed by atoms with Gasteiger partial charge in [0.05, 0.1) is 9.26 Å². The Labute approximate surface area is 92.0 Å². The van der Waals surface area contributed by atoms with E-state index in [-0.39, 0.29) is 0 Å². The fourth-order valence-corrected chi connectivity index (χ4v) is 2.79. The van der Waals surface area contributed by atoms with Crippen molar-refractivity contribution in [1.82, 2.24) is 15.1 Å². The third kappa shape index (κ3) is 2.04. The van der Waals surface area contributed by atoms with Gasteiger partial charge in [0.2, 0.25) is 0 Å². The molecule has 0 aromatic carbocycles. The molecule has 2 heterocycles. The Morgan fingerprint density at radius 2 is 2.54 bits per heavy atom. The molecule has 1 fully saturated rings. The molecular weight excluding hydrogens is 277 g/mol. The lowest BCUT2D eigenvalue weighted by atomic mass is 9.96. The normalized spacial score (nSPS) is 23.4. The zero-order chi connectivity index (χ0) is 9.26. The van der Waals surface area contributed by atoms with Gasteiger partial charge >= 0.3 is 0 Å². The van der Waals surface area contributed by atoms with E-state index in [0.29, 0.717) is 5.92 Å². The molecule has 72 valence electrons. The first kappa shape index (κ1) is 9.45. The molecule has 1 N–H and O–H groups in total. The average molecular weight is 291 g/mol. The maximum Gasteiger partial charge on any atom is 0.0801 e. The van der Waals surface area contributed by atoms with Gasteiger partial charge in [-0.1, -0.05) is 0 Å². The zero-order valence-corrected chi connectivity index (χ0v) is 9.91. The Morgan fingerprint density at radius 1 is 1.69 bits per heavy atom. The number of aryl methyl sites for hydroxylation is 1. The van der Waals surface area contributed by atoms with E-state index < -0.39 is 0 Å². The first-order chi connectivity index (χ1) is 6.27. The fourth-order valence-electron chi connectivity index (χ4n) is 1.84. The van der Waals surface area contributed by atoms with Gasteiger partial charge in [-0.05, 0) is 42.0 Å². The Balaban J connectivity index is 2.18. The number of rotatable bonds is 1. The third-order valence-electron chi connectivity index (χ3n) is 2.49. The van der Waals surface area contributed by atoms with Crippen LogP contribution >= 0.6 is 22.6 Å². The number of hydrogen-bond acceptors (Lipinski definition) is 2. The number of piperidine rings is 1. The first-order valence-corrected chi connectivity index (χ1v) is 5.75. The predicted molar refractivity (Wildman–Crippen MR) is 60.8 cm³/mol. The maximum absolute atomic E-state index is 4.50. The molecule has 0 spiro atoms. The van der Waals surface area contributed by atoms with Gasteiger partial charge in [-0.2, -0.15) is 5.10 Å². The lowest BCUT2D eigenvalue weighted by Gasteiger charge is -2.21. The molecule has 3 nitrogen and oxygen atoms in total. The summed E-state index contributed by atoms with van der Waals surface area (Å²) >= 11 is 2.37. The molecule has 0 aliphatic carbocycles. The number of nitrogens with zero attached hydrogens (tertiary/aromatic N) is 2. The second-order valence-electron chi connectivity index (χ2n) is 3.58. The molecule has 2 rings (SSSR count). The topological polar surface area (TPSA) is 29.9 Å². The van der Waals surface area contributed by atoms with Crippen LogP contribution in [-0.4, -0.2) is 22.9 Å². The van der Waals surface area contributed by atoms with Crippen LogP contribution in [0.1, 0.15) is 24.5 Å². The fraction of sp³-hybridized carbons (Fsp3) is 0.667. The number of aromatic nitrogens is 2. The summed E-state index contributed by atoms with van der Waals surface area (Å²) in [6.45, 7) is 2.26. The molecule has 0 radical (unpaired) electrons. The van der Waals surface area contributed by atoms with E-state index in [4.69, 9.17) is 0 Å². The van der Waals surface area contributed by atoms with Crippen LogP contribution in [0.2, 0.25) is 0 Å². The highest BCUT2D eigenvalue weighted by Gasteiger charge is 2.19. The zero-order valence-electron chi connectivity index (χ0n) is 7.76. The summed E-state index contributed by atoms with van der Waals surface area (Å²) in [6.07, 6.45) is 4.64. The van der Waals surface area contributed by atoms with Gasteiger partial charge in [-0.15, -0.1) is 0 Å². The van der Waals surface area contributed by atoms with Crippen LogP contribution in [0.4, 0.5) is 0 Å². The van der Waals surface area contributed by atoms with Crippen molar-refractivity contribution in [2.45, 2.75) is 18.8 Å². The van der Waals surface area contributed by atoms with Gasteiger partial charge in [0, 0.05) is 25.7 Å². The summed E-state index contributed by atoms with van der Waals surface area (Å²) in [5.41, 5.74) is 1.27. The van der Waals surface area contributed by atoms with E-state index in [9.17, 15) is 0 Å².